The predicted octanol–water partition coefficient (Wildman–Crippen LogP) is 4.88. The third-order valence-corrected chi connectivity index (χ3v) is 5.06. The topological polar surface area (TPSA) is 103 Å². The van der Waals surface area contributed by atoms with E-state index in [9.17, 15) is 14.9 Å². The van der Waals surface area contributed by atoms with Crippen LogP contribution >= 0.6 is 0 Å². The second-order valence-corrected chi connectivity index (χ2v) is 7.75. The molecule has 0 heterocycles. The van der Waals surface area contributed by atoms with Gasteiger partial charge in [-0.25, -0.2) is 5.43 Å². The Hall–Kier alpha value is -4.20. The molecule has 1 N–H and O–H groups in total. The highest BCUT2D eigenvalue weighted by molar-refractivity contribution is 5.84. The van der Waals surface area contributed by atoms with Gasteiger partial charge in [0.25, 0.3) is 5.69 Å². The van der Waals surface area contributed by atoms with Crippen molar-refractivity contribution in [2.45, 2.75) is 33.8 Å². The number of non-ortho nitro benzene ring substituents is 1. The van der Waals surface area contributed by atoms with Crippen molar-refractivity contribution >= 4 is 17.8 Å². The minimum Gasteiger partial charge on any atom is -0.490 e. The van der Waals surface area contributed by atoms with E-state index >= 15 is 0 Å². The Kier molecular flexibility index (Phi) is 8.34. The van der Waals surface area contributed by atoms with E-state index in [-0.39, 0.29) is 24.6 Å². The number of carbonyl (C=O) groups excluding carboxylic acids is 1. The summed E-state index contributed by atoms with van der Waals surface area (Å²) in [5.41, 5.74) is 7.31. The quantitative estimate of drug-likeness (QED) is 0.263. The van der Waals surface area contributed by atoms with Gasteiger partial charge in [0, 0.05) is 12.1 Å². The largest absolute Gasteiger partial charge is 0.490 e. The van der Waals surface area contributed by atoms with E-state index in [2.05, 4.69) is 10.5 Å². The van der Waals surface area contributed by atoms with Gasteiger partial charge in [-0.3, -0.25) is 14.9 Å². The van der Waals surface area contributed by atoms with Crippen molar-refractivity contribution in [1.82, 2.24) is 5.43 Å². The van der Waals surface area contributed by atoms with Crippen LogP contribution in [0.2, 0.25) is 0 Å². The van der Waals surface area contributed by atoms with Crippen LogP contribution in [0.4, 0.5) is 5.69 Å². The van der Waals surface area contributed by atoms with Crippen molar-refractivity contribution in [3.63, 3.8) is 0 Å². The number of hydrogen-bond acceptors (Lipinski definition) is 6. The zero-order valence-corrected chi connectivity index (χ0v) is 19.4. The smallest absolute Gasteiger partial charge is 0.269 e. The van der Waals surface area contributed by atoms with Gasteiger partial charge in [-0.2, -0.15) is 5.10 Å². The lowest BCUT2D eigenvalue weighted by Gasteiger charge is -2.12. The molecule has 0 aliphatic rings. The number of amides is 1. The van der Waals surface area contributed by atoms with Crippen LogP contribution in [0.15, 0.2) is 65.8 Å². The number of ether oxygens (including phenoxy) is 2. The third-order valence-electron chi connectivity index (χ3n) is 5.06. The van der Waals surface area contributed by atoms with Crippen LogP contribution in [0.25, 0.3) is 0 Å². The third kappa shape index (κ3) is 6.90. The number of nitrogens with one attached hydrogen (secondary N) is 1. The predicted molar refractivity (Wildman–Crippen MR) is 130 cm³/mol. The van der Waals surface area contributed by atoms with Crippen LogP contribution < -0.4 is 14.9 Å². The summed E-state index contributed by atoms with van der Waals surface area (Å²) in [6, 6.07) is 17.5. The highest BCUT2D eigenvalue weighted by Gasteiger charge is 2.09. The zero-order chi connectivity index (χ0) is 24.5. The maximum atomic E-state index is 12.2. The molecule has 0 spiro atoms. The SMILES string of the molecule is CCOc1cc(/C=N/NC(=O)Cc2ccc(C)cc2C)ccc1OCc1ccc([N+](=O)[O-])cc1. The van der Waals surface area contributed by atoms with E-state index in [0.717, 1.165) is 27.8 Å². The first-order valence-corrected chi connectivity index (χ1v) is 10.9. The minimum atomic E-state index is -0.440. The molecule has 0 aliphatic heterocycles. The number of carbonyl (C=O) groups is 1. The molecule has 0 bridgehead atoms. The van der Waals surface area contributed by atoms with Gasteiger partial charge in [0.2, 0.25) is 5.91 Å². The Balaban J connectivity index is 1.60. The summed E-state index contributed by atoms with van der Waals surface area (Å²) in [6.45, 7) is 6.55. The fourth-order valence-corrected chi connectivity index (χ4v) is 3.30. The Bertz CT molecular complexity index is 1190. The van der Waals surface area contributed by atoms with E-state index in [1.807, 2.05) is 39.0 Å². The first-order chi connectivity index (χ1) is 16.4. The lowest BCUT2D eigenvalue weighted by molar-refractivity contribution is -0.384. The summed E-state index contributed by atoms with van der Waals surface area (Å²) >= 11 is 0. The van der Waals surface area contributed by atoms with Crippen LogP contribution in [-0.2, 0) is 17.8 Å². The van der Waals surface area contributed by atoms with Gasteiger partial charge in [0.1, 0.15) is 6.61 Å². The highest BCUT2D eigenvalue weighted by Crippen LogP contribution is 2.29. The van der Waals surface area contributed by atoms with Crippen LogP contribution in [0.3, 0.4) is 0 Å². The summed E-state index contributed by atoms with van der Waals surface area (Å²) in [7, 11) is 0. The molecule has 34 heavy (non-hydrogen) atoms. The number of hydrogen-bond donors (Lipinski definition) is 1. The number of aryl methyl sites for hydroxylation is 2. The van der Waals surface area contributed by atoms with Crippen molar-refractivity contribution in [2.75, 3.05) is 6.61 Å². The number of nitro groups is 1. The summed E-state index contributed by atoms with van der Waals surface area (Å²) in [5.74, 6) is 0.877. The van der Waals surface area contributed by atoms with Crippen LogP contribution in [0.1, 0.15) is 34.7 Å². The summed E-state index contributed by atoms with van der Waals surface area (Å²) in [6.07, 6.45) is 1.80. The average Bonchev–Trinajstić information content (AvgIpc) is 2.81. The van der Waals surface area contributed by atoms with Crippen molar-refractivity contribution in [1.29, 1.82) is 0 Å². The Morgan fingerprint density at radius 3 is 2.47 bits per heavy atom. The number of benzene rings is 3. The molecule has 8 heteroatoms. The molecule has 0 atom stereocenters. The number of nitrogens with zero attached hydrogens (tertiary/aromatic N) is 2. The van der Waals surface area contributed by atoms with Gasteiger partial charge >= 0.3 is 0 Å². The van der Waals surface area contributed by atoms with Crippen LogP contribution in [0, 0.1) is 24.0 Å². The molecule has 1 amide bonds. The molecule has 3 aromatic carbocycles. The van der Waals surface area contributed by atoms with Crippen LogP contribution in [-0.4, -0.2) is 23.7 Å². The molecule has 0 saturated carbocycles. The van der Waals surface area contributed by atoms with Crippen molar-refractivity contribution in [3.8, 4) is 11.5 Å². The maximum Gasteiger partial charge on any atom is 0.269 e. The minimum absolute atomic E-state index is 0.0310. The van der Waals surface area contributed by atoms with Gasteiger partial charge in [-0.1, -0.05) is 23.8 Å². The fraction of sp³-hybridized carbons (Fsp3) is 0.231. The van der Waals surface area contributed by atoms with Gasteiger partial charge in [0.05, 0.1) is 24.2 Å². The standard InChI is InChI=1S/C26H27N3O5/c1-4-33-25-14-21(16-27-28-26(30)15-22-9-5-18(2)13-19(22)3)8-12-24(25)34-17-20-6-10-23(11-7-20)29(31)32/h5-14,16H,4,15,17H2,1-3H3,(H,28,30)/b27-16+. The molecule has 8 nitrogen and oxygen atoms in total. The van der Waals surface area contributed by atoms with E-state index in [0.29, 0.717) is 18.1 Å². The molecule has 0 radical (unpaired) electrons. The molecular formula is C26H27N3O5. The van der Waals surface area contributed by atoms with Crippen molar-refractivity contribution < 1.29 is 19.2 Å². The molecule has 3 aromatic rings. The normalized spacial score (nSPS) is 10.8. The van der Waals surface area contributed by atoms with Crippen molar-refractivity contribution in [2.24, 2.45) is 5.10 Å². The molecule has 3 rings (SSSR count). The van der Waals surface area contributed by atoms with Gasteiger partial charge < -0.3 is 9.47 Å². The highest BCUT2D eigenvalue weighted by atomic mass is 16.6. The van der Waals surface area contributed by atoms with E-state index in [1.165, 1.54) is 12.1 Å². The second-order valence-electron chi connectivity index (χ2n) is 7.75. The average molecular weight is 462 g/mol. The molecular weight excluding hydrogens is 434 g/mol. The monoisotopic (exact) mass is 461 g/mol. The Morgan fingerprint density at radius 2 is 1.79 bits per heavy atom. The maximum absolute atomic E-state index is 12.2. The van der Waals surface area contributed by atoms with Gasteiger partial charge in [0.15, 0.2) is 11.5 Å². The number of hydrazone groups is 1. The summed E-state index contributed by atoms with van der Waals surface area (Å²) < 4.78 is 11.5. The number of rotatable bonds is 10. The van der Waals surface area contributed by atoms with Crippen molar-refractivity contribution in [3.05, 3.63) is 98.6 Å². The fourth-order valence-electron chi connectivity index (χ4n) is 3.30. The van der Waals surface area contributed by atoms with E-state index < -0.39 is 4.92 Å². The molecule has 0 aromatic heterocycles. The Morgan fingerprint density at radius 1 is 1.03 bits per heavy atom. The van der Waals surface area contributed by atoms with Gasteiger partial charge in [-0.05, 0) is 73.4 Å². The van der Waals surface area contributed by atoms with E-state index in [4.69, 9.17) is 9.47 Å². The van der Waals surface area contributed by atoms with Gasteiger partial charge in [-0.15, -0.1) is 0 Å². The molecule has 0 aliphatic carbocycles. The molecule has 0 unspecified atom stereocenters. The van der Waals surface area contributed by atoms with Crippen LogP contribution in [0.5, 0.6) is 11.5 Å². The van der Waals surface area contributed by atoms with E-state index in [1.54, 1.807) is 36.5 Å². The first-order valence-electron chi connectivity index (χ1n) is 10.9. The lowest BCUT2D eigenvalue weighted by Crippen LogP contribution is -2.20. The second kappa shape index (κ2) is 11.6. The molecule has 0 fully saturated rings. The summed E-state index contributed by atoms with van der Waals surface area (Å²) in [5, 5.41) is 14.8. The Labute approximate surface area is 198 Å². The number of nitro benzene ring substituents is 1. The molecule has 176 valence electrons. The zero-order valence-electron chi connectivity index (χ0n) is 19.4. The lowest BCUT2D eigenvalue weighted by atomic mass is 10.0. The first kappa shape index (κ1) is 24.4. The summed E-state index contributed by atoms with van der Waals surface area (Å²) in [4.78, 5) is 22.6. The molecule has 0 saturated heterocycles.